The van der Waals surface area contributed by atoms with Gasteiger partial charge in [0.25, 0.3) is 0 Å². The lowest BCUT2D eigenvalue weighted by Crippen LogP contribution is -2.26. The van der Waals surface area contributed by atoms with E-state index in [2.05, 4.69) is 20.9 Å². The van der Waals surface area contributed by atoms with Crippen LogP contribution in [0.5, 0.6) is 5.75 Å². The molecule has 24 heavy (non-hydrogen) atoms. The summed E-state index contributed by atoms with van der Waals surface area (Å²) in [5.41, 5.74) is 1.60. The van der Waals surface area contributed by atoms with Crippen LogP contribution in [0.2, 0.25) is 0 Å². The molecule has 2 aromatic heterocycles. The van der Waals surface area contributed by atoms with Gasteiger partial charge in [-0.25, -0.2) is 9.97 Å². The van der Waals surface area contributed by atoms with Gasteiger partial charge in [0.2, 0.25) is 0 Å². The number of pyridine rings is 2. The Balaban J connectivity index is 1.76. The van der Waals surface area contributed by atoms with E-state index in [0.717, 1.165) is 35.9 Å². The molecule has 0 bridgehead atoms. The summed E-state index contributed by atoms with van der Waals surface area (Å²) < 4.78 is 6.17. The SMILES string of the molecule is Cc1ccnc(N2CCC(Oc3cccnc3N(C)C)C2)c1C#N. The molecular weight excluding hydrogens is 302 g/mol. The van der Waals surface area contributed by atoms with E-state index in [-0.39, 0.29) is 6.10 Å². The van der Waals surface area contributed by atoms with Gasteiger partial charge in [0, 0.05) is 39.5 Å². The van der Waals surface area contributed by atoms with E-state index in [1.165, 1.54) is 0 Å². The summed E-state index contributed by atoms with van der Waals surface area (Å²) in [5, 5.41) is 9.40. The largest absolute Gasteiger partial charge is 0.485 e. The van der Waals surface area contributed by atoms with Gasteiger partial charge in [-0.2, -0.15) is 5.26 Å². The summed E-state index contributed by atoms with van der Waals surface area (Å²) in [5.74, 6) is 2.36. The van der Waals surface area contributed by atoms with Gasteiger partial charge < -0.3 is 14.5 Å². The van der Waals surface area contributed by atoms with Crippen LogP contribution < -0.4 is 14.5 Å². The van der Waals surface area contributed by atoms with Crippen LogP contribution in [0.3, 0.4) is 0 Å². The van der Waals surface area contributed by atoms with Crippen molar-refractivity contribution >= 4 is 11.6 Å². The van der Waals surface area contributed by atoms with Crippen molar-refractivity contribution in [1.82, 2.24) is 9.97 Å². The Morgan fingerprint density at radius 3 is 2.88 bits per heavy atom. The molecule has 0 N–H and O–H groups in total. The Kier molecular flexibility index (Phi) is 4.52. The van der Waals surface area contributed by atoms with Crippen molar-refractivity contribution < 1.29 is 4.74 Å². The molecule has 1 fully saturated rings. The van der Waals surface area contributed by atoms with Gasteiger partial charge >= 0.3 is 0 Å². The van der Waals surface area contributed by atoms with Gasteiger partial charge in [-0.15, -0.1) is 0 Å². The topological polar surface area (TPSA) is 65.3 Å². The van der Waals surface area contributed by atoms with Gasteiger partial charge in [-0.3, -0.25) is 0 Å². The van der Waals surface area contributed by atoms with E-state index >= 15 is 0 Å². The molecule has 1 saturated heterocycles. The predicted octanol–water partition coefficient (Wildman–Crippen LogP) is 2.38. The first-order valence-electron chi connectivity index (χ1n) is 7.99. The van der Waals surface area contributed by atoms with Crippen molar-refractivity contribution in [2.24, 2.45) is 0 Å². The quantitative estimate of drug-likeness (QED) is 0.861. The van der Waals surface area contributed by atoms with Crippen molar-refractivity contribution in [3.8, 4) is 11.8 Å². The monoisotopic (exact) mass is 323 g/mol. The summed E-state index contributed by atoms with van der Waals surface area (Å²) in [7, 11) is 3.90. The van der Waals surface area contributed by atoms with Crippen molar-refractivity contribution in [2.75, 3.05) is 37.0 Å². The van der Waals surface area contributed by atoms with E-state index < -0.39 is 0 Å². The molecule has 0 spiro atoms. The molecule has 1 aliphatic rings. The molecule has 3 rings (SSSR count). The minimum atomic E-state index is 0.0572. The maximum absolute atomic E-state index is 9.40. The van der Waals surface area contributed by atoms with E-state index in [4.69, 9.17) is 4.74 Å². The molecule has 6 heteroatoms. The zero-order chi connectivity index (χ0) is 17.1. The molecular formula is C18H21N5O. The van der Waals surface area contributed by atoms with Gasteiger partial charge in [0.1, 0.15) is 18.0 Å². The molecule has 0 aliphatic carbocycles. The van der Waals surface area contributed by atoms with E-state index in [0.29, 0.717) is 12.1 Å². The van der Waals surface area contributed by atoms with Crippen molar-refractivity contribution in [3.05, 3.63) is 41.7 Å². The molecule has 3 heterocycles. The average molecular weight is 323 g/mol. The molecule has 0 radical (unpaired) electrons. The zero-order valence-electron chi connectivity index (χ0n) is 14.2. The Morgan fingerprint density at radius 2 is 2.12 bits per heavy atom. The third-order valence-corrected chi connectivity index (χ3v) is 4.16. The number of hydrogen-bond donors (Lipinski definition) is 0. The minimum Gasteiger partial charge on any atom is -0.485 e. The minimum absolute atomic E-state index is 0.0572. The lowest BCUT2D eigenvalue weighted by molar-refractivity contribution is 0.225. The number of aryl methyl sites for hydroxylation is 1. The zero-order valence-corrected chi connectivity index (χ0v) is 14.2. The van der Waals surface area contributed by atoms with Crippen LogP contribution in [0.15, 0.2) is 30.6 Å². The fraction of sp³-hybridized carbons (Fsp3) is 0.389. The van der Waals surface area contributed by atoms with Crippen molar-refractivity contribution in [2.45, 2.75) is 19.4 Å². The van der Waals surface area contributed by atoms with Gasteiger partial charge in [-0.1, -0.05) is 0 Å². The summed E-state index contributed by atoms with van der Waals surface area (Å²) in [6, 6.07) is 7.95. The maximum atomic E-state index is 9.40. The first-order valence-corrected chi connectivity index (χ1v) is 7.99. The number of anilines is 2. The lowest BCUT2D eigenvalue weighted by atomic mass is 10.1. The molecule has 0 amide bonds. The highest BCUT2D eigenvalue weighted by Crippen LogP contribution is 2.29. The standard InChI is InChI=1S/C18H21N5O/c1-13-6-9-21-17(15(13)11-19)23-10-7-14(12-23)24-16-5-4-8-20-18(16)22(2)3/h4-6,8-9,14H,7,10,12H2,1-3H3. The number of hydrogen-bond acceptors (Lipinski definition) is 6. The molecule has 1 unspecified atom stereocenters. The Morgan fingerprint density at radius 1 is 1.29 bits per heavy atom. The smallest absolute Gasteiger partial charge is 0.170 e. The predicted molar refractivity (Wildman–Crippen MR) is 93.5 cm³/mol. The average Bonchev–Trinajstić information content (AvgIpc) is 3.03. The van der Waals surface area contributed by atoms with Crippen molar-refractivity contribution in [3.63, 3.8) is 0 Å². The molecule has 0 saturated carbocycles. The van der Waals surface area contributed by atoms with E-state index in [9.17, 15) is 5.26 Å². The second kappa shape index (κ2) is 6.75. The van der Waals surface area contributed by atoms with Crippen LogP contribution in [-0.4, -0.2) is 43.3 Å². The van der Waals surface area contributed by atoms with Crippen LogP contribution >= 0.6 is 0 Å². The lowest BCUT2D eigenvalue weighted by Gasteiger charge is -2.21. The van der Waals surface area contributed by atoms with Crippen molar-refractivity contribution in [1.29, 1.82) is 5.26 Å². The Hall–Kier alpha value is -2.81. The van der Waals surface area contributed by atoms with Gasteiger partial charge in [-0.05, 0) is 30.7 Å². The van der Waals surface area contributed by atoms with Gasteiger partial charge in [0.05, 0.1) is 12.1 Å². The maximum Gasteiger partial charge on any atom is 0.170 e. The third-order valence-electron chi connectivity index (χ3n) is 4.16. The number of aromatic nitrogens is 2. The van der Waals surface area contributed by atoms with E-state index in [1.54, 1.807) is 12.4 Å². The molecule has 2 aromatic rings. The normalized spacial score (nSPS) is 16.8. The van der Waals surface area contributed by atoms with Crippen LogP contribution in [0.1, 0.15) is 17.5 Å². The first kappa shape index (κ1) is 16.1. The Bertz CT molecular complexity index is 768. The fourth-order valence-corrected chi connectivity index (χ4v) is 2.93. The summed E-state index contributed by atoms with van der Waals surface area (Å²) in [4.78, 5) is 12.8. The fourth-order valence-electron chi connectivity index (χ4n) is 2.93. The number of rotatable bonds is 4. The third kappa shape index (κ3) is 3.11. The summed E-state index contributed by atoms with van der Waals surface area (Å²) in [6.07, 6.45) is 4.47. The Labute approximate surface area is 142 Å². The van der Waals surface area contributed by atoms with Crippen LogP contribution in [-0.2, 0) is 0 Å². The summed E-state index contributed by atoms with van der Waals surface area (Å²) >= 11 is 0. The van der Waals surface area contributed by atoms with Gasteiger partial charge in [0.15, 0.2) is 11.6 Å². The number of ether oxygens (including phenoxy) is 1. The van der Waals surface area contributed by atoms with E-state index in [1.807, 2.05) is 44.1 Å². The van der Waals surface area contributed by atoms with Crippen LogP contribution in [0, 0.1) is 18.3 Å². The molecule has 6 nitrogen and oxygen atoms in total. The van der Waals surface area contributed by atoms with Crippen LogP contribution in [0.4, 0.5) is 11.6 Å². The first-order chi connectivity index (χ1) is 11.6. The summed E-state index contributed by atoms with van der Waals surface area (Å²) in [6.45, 7) is 3.48. The second-order valence-electron chi connectivity index (χ2n) is 6.13. The highest BCUT2D eigenvalue weighted by molar-refractivity contribution is 5.58. The molecule has 124 valence electrons. The number of nitrogens with zero attached hydrogens (tertiary/aromatic N) is 5. The molecule has 1 aliphatic heterocycles. The molecule has 0 aromatic carbocycles. The highest BCUT2D eigenvalue weighted by Gasteiger charge is 2.28. The highest BCUT2D eigenvalue weighted by atomic mass is 16.5. The second-order valence-corrected chi connectivity index (χ2v) is 6.13. The van der Waals surface area contributed by atoms with Crippen LogP contribution in [0.25, 0.3) is 0 Å². The number of nitriles is 1. The molecule has 1 atom stereocenters.